The maximum atomic E-state index is 6.32. The van der Waals surface area contributed by atoms with Gasteiger partial charge in [-0.2, -0.15) is 0 Å². The zero-order valence-corrected chi connectivity index (χ0v) is 20.1. The van der Waals surface area contributed by atoms with Crippen molar-refractivity contribution >= 4 is 40.4 Å². The molecule has 3 heterocycles. The van der Waals surface area contributed by atoms with Gasteiger partial charge in [-0.05, 0) is 37.3 Å². The van der Waals surface area contributed by atoms with Crippen LogP contribution in [0.25, 0.3) is 0 Å². The lowest BCUT2D eigenvalue weighted by molar-refractivity contribution is 0.227. The van der Waals surface area contributed by atoms with Gasteiger partial charge < -0.3 is 20.7 Å². The Bertz CT molecular complexity index is 1130. The first kappa shape index (κ1) is 23.3. The summed E-state index contributed by atoms with van der Waals surface area (Å²) in [5.74, 6) is 1.59. The number of nitrogen functional groups attached to an aromatic ring is 1. The average molecular weight is 485 g/mol. The SMILES string of the molecule is CN=C(c1ccc(N2CCNCC2)nc1)c1cc(O[C@H](C)c2c(Cl)cncc2Cl)ccc1N. The third-order valence-corrected chi connectivity index (χ3v) is 6.18. The average Bonchev–Trinajstić information content (AvgIpc) is 2.82. The number of nitrogens with two attached hydrogens (primary N) is 1. The number of benzene rings is 1. The molecule has 0 unspecified atom stereocenters. The number of piperazine rings is 1. The van der Waals surface area contributed by atoms with Gasteiger partial charge in [0.1, 0.15) is 17.7 Å². The van der Waals surface area contributed by atoms with Gasteiger partial charge in [0, 0.05) is 74.2 Å². The summed E-state index contributed by atoms with van der Waals surface area (Å²) < 4.78 is 6.15. The smallest absolute Gasteiger partial charge is 0.128 e. The fourth-order valence-corrected chi connectivity index (χ4v) is 4.57. The maximum absolute atomic E-state index is 6.32. The maximum Gasteiger partial charge on any atom is 0.128 e. The molecule has 0 radical (unpaired) electrons. The molecular weight excluding hydrogens is 459 g/mol. The molecule has 3 aromatic rings. The van der Waals surface area contributed by atoms with Gasteiger partial charge in [0.25, 0.3) is 0 Å². The number of aliphatic imine (C=N–C) groups is 1. The number of nitrogens with zero attached hydrogens (tertiary/aromatic N) is 4. The Kier molecular flexibility index (Phi) is 7.33. The molecule has 2 aromatic heterocycles. The molecule has 9 heteroatoms. The van der Waals surface area contributed by atoms with Gasteiger partial charge in [0.05, 0.1) is 15.8 Å². The summed E-state index contributed by atoms with van der Waals surface area (Å²) >= 11 is 12.6. The van der Waals surface area contributed by atoms with Crippen molar-refractivity contribution in [2.45, 2.75) is 13.0 Å². The molecule has 1 fully saturated rings. The summed E-state index contributed by atoms with van der Waals surface area (Å²) in [4.78, 5) is 15.4. The molecule has 33 heavy (non-hydrogen) atoms. The minimum Gasteiger partial charge on any atom is -0.486 e. The summed E-state index contributed by atoms with van der Waals surface area (Å²) in [6.07, 6.45) is 4.56. The highest BCUT2D eigenvalue weighted by molar-refractivity contribution is 6.35. The molecular formula is C24H26Cl2N6O. The molecule has 7 nitrogen and oxygen atoms in total. The fourth-order valence-electron chi connectivity index (χ4n) is 3.90. The number of halogens is 2. The number of ether oxygens (including phenoxy) is 1. The number of rotatable bonds is 6. The second kappa shape index (κ2) is 10.4. The van der Waals surface area contributed by atoms with Crippen LogP contribution >= 0.6 is 23.2 Å². The number of pyridine rings is 2. The van der Waals surface area contributed by atoms with E-state index in [-0.39, 0.29) is 6.10 Å². The quantitative estimate of drug-likeness (QED) is 0.398. The second-order valence-corrected chi connectivity index (χ2v) is 8.55. The fraction of sp³-hybridized carbons (Fsp3) is 0.292. The van der Waals surface area contributed by atoms with Gasteiger partial charge in [-0.1, -0.05) is 23.2 Å². The van der Waals surface area contributed by atoms with Gasteiger partial charge in [0.2, 0.25) is 0 Å². The van der Waals surface area contributed by atoms with E-state index in [0.29, 0.717) is 27.0 Å². The first-order valence-electron chi connectivity index (χ1n) is 10.7. The van der Waals surface area contributed by atoms with E-state index in [0.717, 1.165) is 48.8 Å². The third kappa shape index (κ3) is 5.21. The highest BCUT2D eigenvalue weighted by Gasteiger charge is 2.18. The van der Waals surface area contributed by atoms with Crippen molar-refractivity contribution in [2.24, 2.45) is 4.99 Å². The number of nitrogens with one attached hydrogen (secondary N) is 1. The Morgan fingerprint density at radius 1 is 1.12 bits per heavy atom. The molecule has 1 aliphatic heterocycles. The molecule has 3 N–H and O–H groups in total. The number of aromatic nitrogens is 2. The molecule has 4 rings (SSSR count). The third-order valence-electron chi connectivity index (χ3n) is 5.58. The lowest BCUT2D eigenvalue weighted by Crippen LogP contribution is -2.43. The predicted molar refractivity (Wildman–Crippen MR) is 135 cm³/mol. The van der Waals surface area contributed by atoms with E-state index in [1.165, 1.54) is 0 Å². The molecule has 0 spiro atoms. The van der Waals surface area contributed by atoms with Crippen molar-refractivity contribution in [3.63, 3.8) is 0 Å². The first-order chi connectivity index (χ1) is 16.0. The van der Waals surface area contributed by atoms with Crippen LogP contribution in [-0.4, -0.2) is 48.9 Å². The van der Waals surface area contributed by atoms with Crippen molar-refractivity contribution in [2.75, 3.05) is 43.9 Å². The van der Waals surface area contributed by atoms with Crippen LogP contribution in [0.4, 0.5) is 11.5 Å². The van der Waals surface area contributed by atoms with Gasteiger partial charge in [-0.15, -0.1) is 0 Å². The Balaban J connectivity index is 1.58. The van der Waals surface area contributed by atoms with Gasteiger partial charge in [-0.25, -0.2) is 4.98 Å². The minimum atomic E-state index is -0.383. The molecule has 0 aliphatic carbocycles. The van der Waals surface area contributed by atoms with Crippen molar-refractivity contribution in [3.05, 3.63) is 75.7 Å². The van der Waals surface area contributed by atoms with Gasteiger partial charge >= 0.3 is 0 Å². The lowest BCUT2D eigenvalue weighted by Gasteiger charge is -2.28. The van der Waals surface area contributed by atoms with E-state index in [9.17, 15) is 0 Å². The van der Waals surface area contributed by atoms with E-state index in [1.807, 2.05) is 37.4 Å². The standard InChI is InChI=1S/C24H26Cl2N6O/c1-15(23-19(25)13-30-14-20(23)26)33-17-4-5-21(27)18(11-17)24(28-2)16-3-6-22(31-12-16)32-9-7-29-8-10-32/h3-6,11-15,29H,7-10,27H2,1-2H3/t15-/m1/s1. The zero-order chi connectivity index (χ0) is 23.4. The van der Waals surface area contributed by atoms with Gasteiger partial charge in [-0.3, -0.25) is 9.98 Å². The summed E-state index contributed by atoms with van der Waals surface area (Å²) in [5, 5.41) is 4.27. The molecule has 1 atom stereocenters. The Morgan fingerprint density at radius 3 is 2.48 bits per heavy atom. The van der Waals surface area contributed by atoms with Crippen LogP contribution in [0, 0.1) is 0 Å². The number of hydrogen-bond donors (Lipinski definition) is 2. The van der Waals surface area contributed by atoms with E-state index >= 15 is 0 Å². The Labute approximate surface area is 203 Å². The van der Waals surface area contributed by atoms with Crippen LogP contribution in [0.5, 0.6) is 5.75 Å². The van der Waals surface area contributed by atoms with Crippen molar-refractivity contribution < 1.29 is 4.74 Å². The monoisotopic (exact) mass is 484 g/mol. The Hall–Kier alpha value is -2.87. The normalized spacial score (nSPS) is 15.4. The summed E-state index contributed by atoms with van der Waals surface area (Å²) in [7, 11) is 1.74. The van der Waals surface area contributed by atoms with Crippen LogP contribution < -0.4 is 20.7 Å². The molecule has 0 amide bonds. The van der Waals surface area contributed by atoms with E-state index < -0.39 is 0 Å². The van der Waals surface area contributed by atoms with Crippen molar-refractivity contribution in [3.8, 4) is 5.75 Å². The topological polar surface area (TPSA) is 88.7 Å². The Morgan fingerprint density at radius 2 is 1.85 bits per heavy atom. The van der Waals surface area contributed by atoms with Crippen LogP contribution in [0.2, 0.25) is 10.0 Å². The van der Waals surface area contributed by atoms with Crippen molar-refractivity contribution in [1.29, 1.82) is 0 Å². The summed E-state index contributed by atoms with van der Waals surface area (Å²) in [6, 6.07) is 9.55. The van der Waals surface area contributed by atoms with E-state index in [2.05, 4.69) is 25.2 Å². The largest absolute Gasteiger partial charge is 0.486 e. The van der Waals surface area contributed by atoms with E-state index in [4.69, 9.17) is 33.7 Å². The highest BCUT2D eigenvalue weighted by atomic mass is 35.5. The lowest BCUT2D eigenvalue weighted by atomic mass is 10.0. The zero-order valence-electron chi connectivity index (χ0n) is 18.6. The van der Waals surface area contributed by atoms with Crippen LogP contribution in [0.1, 0.15) is 29.7 Å². The molecule has 1 saturated heterocycles. The molecule has 0 saturated carbocycles. The second-order valence-electron chi connectivity index (χ2n) is 7.74. The highest BCUT2D eigenvalue weighted by Crippen LogP contribution is 2.33. The minimum absolute atomic E-state index is 0.383. The molecule has 0 bridgehead atoms. The van der Waals surface area contributed by atoms with Crippen LogP contribution in [-0.2, 0) is 0 Å². The summed E-state index contributed by atoms with van der Waals surface area (Å²) in [5.41, 5.74) is 9.99. The predicted octanol–water partition coefficient (Wildman–Crippen LogP) is 4.38. The molecule has 172 valence electrons. The van der Waals surface area contributed by atoms with E-state index in [1.54, 1.807) is 25.5 Å². The molecule has 1 aliphatic rings. The van der Waals surface area contributed by atoms with Crippen LogP contribution in [0.3, 0.4) is 0 Å². The number of anilines is 2. The van der Waals surface area contributed by atoms with Crippen LogP contribution in [0.15, 0.2) is 53.9 Å². The molecule has 1 aromatic carbocycles. The van der Waals surface area contributed by atoms with Crippen molar-refractivity contribution in [1.82, 2.24) is 15.3 Å². The van der Waals surface area contributed by atoms with Gasteiger partial charge in [0.15, 0.2) is 0 Å². The first-order valence-corrected chi connectivity index (χ1v) is 11.5. The number of hydrogen-bond acceptors (Lipinski definition) is 7. The summed E-state index contributed by atoms with van der Waals surface area (Å²) in [6.45, 7) is 5.69.